The number of hydrogen-bond acceptors (Lipinski definition) is 3. The van der Waals surface area contributed by atoms with E-state index in [0.717, 1.165) is 49.3 Å². The van der Waals surface area contributed by atoms with E-state index in [9.17, 15) is 13.2 Å². The fourth-order valence-corrected chi connectivity index (χ4v) is 2.99. The average Bonchev–Trinajstić information content (AvgIpc) is 2.62. The molecule has 1 heterocycles. The molecule has 2 aromatic rings. The van der Waals surface area contributed by atoms with Gasteiger partial charge in [-0.2, -0.15) is 13.2 Å². The number of alkyl halides is 3. The van der Waals surface area contributed by atoms with Crippen LogP contribution in [0.15, 0.2) is 48.5 Å². The highest BCUT2D eigenvalue weighted by Crippen LogP contribution is 2.31. The predicted octanol–water partition coefficient (Wildman–Crippen LogP) is 4.21. The largest absolute Gasteiger partial charge is 0.490 e. The number of halogens is 3. The van der Waals surface area contributed by atoms with Gasteiger partial charge in [0.2, 0.25) is 0 Å². The molecule has 0 spiro atoms. The molecule has 1 fully saturated rings. The van der Waals surface area contributed by atoms with Crippen LogP contribution in [0.3, 0.4) is 0 Å². The van der Waals surface area contributed by atoms with E-state index in [-0.39, 0.29) is 6.10 Å². The quantitative estimate of drug-likeness (QED) is 0.898. The van der Waals surface area contributed by atoms with Crippen molar-refractivity contribution in [2.75, 3.05) is 18.0 Å². The van der Waals surface area contributed by atoms with Gasteiger partial charge in [0.15, 0.2) is 0 Å². The van der Waals surface area contributed by atoms with Crippen LogP contribution < -0.4 is 15.4 Å². The Bertz CT molecular complexity index is 675. The number of benzene rings is 2. The summed E-state index contributed by atoms with van der Waals surface area (Å²) < 4.78 is 43.6. The third kappa shape index (κ3) is 4.45. The summed E-state index contributed by atoms with van der Waals surface area (Å²) in [5, 5.41) is 0. The minimum atomic E-state index is -4.32. The molecule has 25 heavy (non-hydrogen) atoms. The van der Waals surface area contributed by atoms with Gasteiger partial charge < -0.3 is 15.4 Å². The normalized spacial score (nSPS) is 16.1. The third-order valence-corrected chi connectivity index (χ3v) is 4.46. The Labute approximate surface area is 145 Å². The molecule has 2 aromatic carbocycles. The third-order valence-electron chi connectivity index (χ3n) is 4.46. The zero-order valence-electron chi connectivity index (χ0n) is 13.8. The van der Waals surface area contributed by atoms with Gasteiger partial charge in [0.05, 0.1) is 5.56 Å². The van der Waals surface area contributed by atoms with Crippen molar-refractivity contribution in [3.05, 3.63) is 59.7 Å². The van der Waals surface area contributed by atoms with E-state index in [1.54, 1.807) is 0 Å². The van der Waals surface area contributed by atoms with Gasteiger partial charge in [-0.25, -0.2) is 0 Å². The van der Waals surface area contributed by atoms with Crippen LogP contribution in [-0.2, 0) is 12.7 Å². The van der Waals surface area contributed by atoms with Gasteiger partial charge in [-0.3, -0.25) is 0 Å². The number of piperidine rings is 1. The molecule has 1 aliphatic heterocycles. The molecule has 3 nitrogen and oxygen atoms in total. The SMILES string of the molecule is NCc1ccc(N2CCC(Oc3ccc(C(F)(F)F)cc3)CC2)cc1. The summed E-state index contributed by atoms with van der Waals surface area (Å²) in [5.41, 5.74) is 7.21. The Morgan fingerprint density at radius 3 is 2.08 bits per heavy atom. The average molecular weight is 350 g/mol. The highest BCUT2D eigenvalue weighted by atomic mass is 19.4. The summed E-state index contributed by atoms with van der Waals surface area (Å²) in [7, 11) is 0. The fraction of sp³-hybridized carbons (Fsp3) is 0.368. The molecule has 1 saturated heterocycles. The van der Waals surface area contributed by atoms with Crippen molar-refractivity contribution in [1.82, 2.24) is 0 Å². The monoisotopic (exact) mass is 350 g/mol. The lowest BCUT2D eigenvalue weighted by molar-refractivity contribution is -0.137. The van der Waals surface area contributed by atoms with Crippen molar-refractivity contribution >= 4 is 5.69 Å². The predicted molar refractivity (Wildman–Crippen MR) is 91.6 cm³/mol. The van der Waals surface area contributed by atoms with E-state index < -0.39 is 11.7 Å². The second-order valence-corrected chi connectivity index (χ2v) is 6.20. The molecule has 134 valence electrons. The number of ether oxygens (including phenoxy) is 1. The first-order chi connectivity index (χ1) is 12.0. The molecule has 0 aliphatic carbocycles. The molecular formula is C19H21F3N2O. The van der Waals surface area contributed by atoms with Crippen LogP contribution in [0, 0.1) is 0 Å². The Kier molecular flexibility index (Phi) is 5.18. The van der Waals surface area contributed by atoms with Gasteiger partial charge in [-0.1, -0.05) is 12.1 Å². The van der Waals surface area contributed by atoms with E-state index in [1.165, 1.54) is 12.1 Å². The molecule has 0 saturated carbocycles. The van der Waals surface area contributed by atoms with E-state index >= 15 is 0 Å². The maximum Gasteiger partial charge on any atom is 0.416 e. The Morgan fingerprint density at radius 1 is 0.960 bits per heavy atom. The van der Waals surface area contributed by atoms with Crippen LogP contribution >= 0.6 is 0 Å². The molecule has 0 aromatic heterocycles. The zero-order valence-corrected chi connectivity index (χ0v) is 13.8. The summed E-state index contributed by atoms with van der Waals surface area (Å²) >= 11 is 0. The van der Waals surface area contributed by atoms with E-state index in [2.05, 4.69) is 17.0 Å². The maximum absolute atomic E-state index is 12.6. The first kappa shape index (κ1) is 17.6. The first-order valence-electron chi connectivity index (χ1n) is 8.33. The lowest BCUT2D eigenvalue weighted by Crippen LogP contribution is -2.38. The summed E-state index contributed by atoms with van der Waals surface area (Å²) in [6.45, 7) is 2.24. The van der Waals surface area contributed by atoms with Crippen LogP contribution in [0.4, 0.5) is 18.9 Å². The lowest BCUT2D eigenvalue weighted by Gasteiger charge is -2.33. The van der Waals surface area contributed by atoms with Crippen LogP contribution in [-0.4, -0.2) is 19.2 Å². The molecular weight excluding hydrogens is 329 g/mol. The molecule has 2 N–H and O–H groups in total. The Hall–Kier alpha value is -2.21. The van der Waals surface area contributed by atoms with Gasteiger partial charge >= 0.3 is 6.18 Å². The molecule has 0 atom stereocenters. The van der Waals surface area contributed by atoms with Crippen LogP contribution in [0.25, 0.3) is 0 Å². The molecule has 6 heteroatoms. The van der Waals surface area contributed by atoms with Crippen LogP contribution in [0.2, 0.25) is 0 Å². The number of nitrogens with two attached hydrogens (primary N) is 1. The van der Waals surface area contributed by atoms with Gasteiger partial charge in [-0.15, -0.1) is 0 Å². The number of nitrogens with zero attached hydrogens (tertiary/aromatic N) is 1. The van der Waals surface area contributed by atoms with Crippen LogP contribution in [0.1, 0.15) is 24.0 Å². The van der Waals surface area contributed by atoms with Crippen molar-refractivity contribution in [3.8, 4) is 5.75 Å². The zero-order chi connectivity index (χ0) is 17.9. The molecule has 1 aliphatic rings. The molecule has 0 amide bonds. The first-order valence-corrected chi connectivity index (χ1v) is 8.33. The summed E-state index contributed by atoms with van der Waals surface area (Å²) in [4.78, 5) is 2.28. The second kappa shape index (κ2) is 7.35. The minimum Gasteiger partial charge on any atom is -0.490 e. The van der Waals surface area contributed by atoms with Gasteiger partial charge in [0.1, 0.15) is 11.9 Å². The highest BCUT2D eigenvalue weighted by Gasteiger charge is 2.30. The summed E-state index contributed by atoms with van der Waals surface area (Å²) in [6.07, 6.45) is -2.63. The highest BCUT2D eigenvalue weighted by molar-refractivity contribution is 5.48. The summed E-state index contributed by atoms with van der Waals surface area (Å²) in [5.74, 6) is 0.485. The van der Waals surface area contributed by atoms with E-state index in [0.29, 0.717) is 12.3 Å². The molecule has 0 bridgehead atoms. The van der Waals surface area contributed by atoms with Crippen molar-refractivity contribution in [2.24, 2.45) is 5.73 Å². The Balaban J connectivity index is 1.53. The number of rotatable bonds is 4. The molecule has 3 rings (SSSR count). The van der Waals surface area contributed by atoms with E-state index in [1.807, 2.05) is 12.1 Å². The molecule has 0 radical (unpaired) electrons. The van der Waals surface area contributed by atoms with Crippen molar-refractivity contribution in [1.29, 1.82) is 0 Å². The summed E-state index contributed by atoms with van der Waals surface area (Å²) in [6, 6.07) is 13.1. The standard InChI is InChI=1S/C19H21F3N2O/c20-19(21,22)15-3-7-17(8-4-15)25-18-9-11-24(12-10-18)16-5-1-14(13-23)2-6-16/h1-8,18H,9-13,23H2. The lowest BCUT2D eigenvalue weighted by atomic mass is 10.1. The van der Waals surface area contributed by atoms with Gasteiger partial charge in [-0.05, 0) is 42.0 Å². The molecule has 0 unspecified atom stereocenters. The maximum atomic E-state index is 12.6. The topological polar surface area (TPSA) is 38.5 Å². The van der Waals surface area contributed by atoms with Crippen molar-refractivity contribution in [3.63, 3.8) is 0 Å². The van der Waals surface area contributed by atoms with Crippen molar-refractivity contribution < 1.29 is 17.9 Å². The van der Waals surface area contributed by atoms with Crippen molar-refractivity contribution in [2.45, 2.75) is 31.7 Å². The smallest absolute Gasteiger partial charge is 0.416 e. The minimum absolute atomic E-state index is 0.0244. The fourth-order valence-electron chi connectivity index (χ4n) is 2.99. The number of anilines is 1. The Morgan fingerprint density at radius 2 is 1.56 bits per heavy atom. The van der Waals surface area contributed by atoms with Gasteiger partial charge in [0, 0.05) is 38.2 Å². The van der Waals surface area contributed by atoms with Crippen LogP contribution in [0.5, 0.6) is 5.75 Å². The second-order valence-electron chi connectivity index (χ2n) is 6.20. The van der Waals surface area contributed by atoms with Gasteiger partial charge in [0.25, 0.3) is 0 Å². The number of hydrogen-bond donors (Lipinski definition) is 1. The van der Waals surface area contributed by atoms with E-state index in [4.69, 9.17) is 10.5 Å².